The fourth-order valence-electron chi connectivity index (χ4n) is 4.36. The first-order valence-corrected chi connectivity index (χ1v) is 12.4. The number of carbonyl (C=O) groups excluding carboxylic acids is 1. The van der Waals surface area contributed by atoms with Crippen LogP contribution in [0.3, 0.4) is 0 Å². The van der Waals surface area contributed by atoms with Crippen molar-refractivity contribution in [2.75, 3.05) is 19.7 Å². The molecule has 7 nitrogen and oxygen atoms in total. The van der Waals surface area contributed by atoms with E-state index < -0.39 is 22.4 Å². The summed E-state index contributed by atoms with van der Waals surface area (Å²) in [6.45, 7) is 2.14. The number of Topliss-reactive ketones (excluding diaryl/α,β-unsaturated/α-hetero) is 1. The van der Waals surface area contributed by atoms with Crippen LogP contribution in [-0.2, 0) is 21.9 Å². The third-order valence-corrected chi connectivity index (χ3v) is 8.30. The Bertz CT molecular complexity index is 1200. The van der Waals surface area contributed by atoms with Crippen LogP contribution in [0.2, 0.25) is 0 Å². The van der Waals surface area contributed by atoms with Gasteiger partial charge in [0.05, 0.1) is 10.5 Å². The van der Waals surface area contributed by atoms with Crippen molar-refractivity contribution in [3.05, 3.63) is 89.5 Å². The van der Waals surface area contributed by atoms with E-state index in [2.05, 4.69) is 22.1 Å². The van der Waals surface area contributed by atoms with Gasteiger partial charge in [0.1, 0.15) is 12.4 Å². The van der Waals surface area contributed by atoms with Crippen molar-refractivity contribution in [3.63, 3.8) is 0 Å². The van der Waals surface area contributed by atoms with Gasteiger partial charge in [0.25, 0.3) is 0 Å². The lowest BCUT2D eigenvalue weighted by Gasteiger charge is -2.41. The summed E-state index contributed by atoms with van der Waals surface area (Å²) < 4.78 is 27.9. The maximum atomic E-state index is 13.2. The molecule has 4 rings (SSSR count). The Hall–Kier alpha value is -2.94. The van der Waals surface area contributed by atoms with Crippen molar-refractivity contribution in [2.24, 2.45) is 0 Å². The number of hydrogen-bond donors (Lipinski definition) is 1. The number of carbonyl (C=O) groups is 1. The van der Waals surface area contributed by atoms with Gasteiger partial charge in [0.15, 0.2) is 5.78 Å². The maximum absolute atomic E-state index is 13.2. The molecule has 1 fully saturated rings. The second-order valence-corrected chi connectivity index (χ2v) is 10.4. The molecule has 1 N–H and O–H groups in total. The fourth-order valence-corrected chi connectivity index (χ4v) is 5.80. The Balaban J connectivity index is 1.58. The molecule has 1 saturated heterocycles. The van der Waals surface area contributed by atoms with Gasteiger partial charge in [-0.1, -0.05) is 48.0 Å². The van der Waals surface area contributed by atoms with Crippen molar-refractivity contribution in [2.45, 2.75) is 36.5 Å². The summed E-state index contributed by atoms with van der Waals surface area (Å²) in [5.74, 6) is 0.164. The van der Waals surface area contributed by atoms with Gasteiger partial charge in [-0.2, -0.15) is 4.31 Å². The molecular formula is C25H27N3O4S. The summed E-state index contributed by atoms with van der Waals surface area (Å²) >= 11 is 0. The smallest absolute Gasteiger partial charge is 0.243 e. The van der Waals surface area contributed by atoms with Gasteiger partial charge in [-0.3, -0.25) is 4.79 Å². The number of rotatable bonds is 7. The number of benzene rings is 2. The quantitative estimate of drug-likeness (QED) is 0.539. The molecule has 1 aliphatic heterocycles. The number of piperidine rings is 1. The first-order valence-electron chi connectivity index (χ1n) is 10.9. The summed E-state index contributed by atoms with van der Waals surface area (Å²) in [6, 6.07) is 17.0. The summed E-state index contributed by atoms with van der Waals surface area (Å²) in [4.78, 5) is 20.7. The number of aromatic nitrogens is 2. The van der Waals surface area contributed by atoms with Crippen LogP contribution in [0.15, 0.2) is 71.9 Å². The predicted octanol–water partition coefficient (Wildman–Crippen LogP) is 2.93. The topological polar surface area (TPSA) is 100 Å². The van der Waals surface area contributed by atoms with Crippen molar-refractivity contribution in [1.29, 1.82) is 0 Å². The average molecular weight is 466 g/mol. The molecule has 8 heteroatoms. The number of aryl methyl sites for hydroxylation is 1. The van der Waals surface area contributed by atoms with E-state index in [-0.39, 0.29) is 11.0 Å². The Labute approximate surface area is 194 Å². The Morgan fingerprint density at radius 2 is 1.61 bits per heavy atom. The molecule has 0 amide bonds. The van der Waals surface area contributed by atoms with Gasteiger partial charge in [-0.15, -0.1) is 0 Å². The highest BCUT2D eigenvalue weighted by molar-refractivity contribution is 7.89. The second kappa shape index (κ2) is 9.51. The third kappa shape index (κ3) is 4.88. The zero-order valence-electron chi connectivity index (χ0n) is 18.5. The van der Waals surface area contributed by atoms with Crippen molar-refractivity contribution < 1.29 is 18.3 Å². The van der Waals surface area contributed by atoms with E-state index in [1.807, 2.05) is 37.3 Å². The molecule has 1 aliphatic rings. The van der Waals surface area contributed by atoms with E-state index >= 15 is 0 Å². The zero-order valence-corrected chi connectivity index (χ0v) is 19.3. The first-order chi connectivity index (χ1) is 15.8. The van der Waals surface area contributed by atoms with Crippen molar-refractivity contribution >= 4 is 15.8 Å². The molecule has 0 bridgehead atoms. The molecule has 3 aromatic rings. The fraction of sp³-hybridized carbons (Fsp3) is 0.320. The SMILES string of the molecule is Cc1ccc(S(=O)(=O)N2CCC(Cc3ncc(C(=O)CO)cn3)(c3ccccc3)CC2)cc1. The summed E-state index contributed by atoms with van der Waals surface area (Å²) in [5.41, 5.74) is 2.09. The van der Waals surface area contributed by atoms with Crippen LogP contribution in [0.4, 0.5) is 0 Å². The lowest BCUT2D eigenvalue weighted by atomic mass is 9.70. The normalized spacial score (nSPS) is 16.4. The number of aliphatic hydroxyl groups is 1. The Kier molecular flexibility index (Phi) is 6.69. The van der Waals surface area contributed by atoms with Crippen LogP contribution < -0.4 is 0 Å². The molecule has 0 radical (unpaired) electrons. The lowest BCUT2D eigenvalue weighted by molar-refractivity contribution is 0.0903. The second-order valence-electron chi connectivity index (χ2n) is 8.51. The molecule has 0 atom stereocenters. The van der Waals surface area contributed by atoms with Crippen LogP contribution in [0, 0.1) is 6.92 Å². The Morgan fingerprint density at radius 1 is 1.00 bits per heavy atom. The molecule has 1 aromatic heterocycles. The van der Waals surface area contributed by atoms with Crippen LogP contribution >= 0.6 is 0 Å². The zero-order chi connectivity index (χ0) is 23.5. The standard InChI is InChI=1S/C25H27N3O4S/c1-19-7-9-22(10-8-19)33(31,32)28-13-11-25(12-14-28,21-5-3-2-4-6-21)15-24-26-16-20(17-27-24)23(30)18-29/h2-10,16-17,29H,11-15,18H2,1H3. The molecule has 33 heavy (non-hydrogen) atoms. The summed E-state index contributed by atoms with van der Waals surface area (Å²) in [6.07, 6.45) is 4.67. The van der Waals surface area contributed by atoms with Crippen LogP contribution in [-0.4, -0.2) is 53.3 Å². The highest BCUT2D eigenvalue weighted by atomic mass is 32.2. The van der Waals surface area contributed by atoms with Gasteiger partial charge >= 0.3 is 0 Å². The molecule has 0 spiro atoms. The van der Waals surface area contributed by atoms with Crippen molar-refractivity contribution in [1.82, 2.24) is 14.3 Å². The molecule has 0 aliphatic carbocycles. The minimum Gasteiger partial charge on any atom is -0.388 e. The molecule has 2 heterocycles. The predicted molar refractivity (Wildman–Crippen MR) is 124 cm³/mol. The van der Waals surface area contributed by atoms with Crippen molar-refractivity contribution in [3.8, 4) is 0 Å². The van der Waals surface area contributed by atoms with E-state index in [0.717, 1.165) is 11.1 Å². The number of nitrogens with zero attached hydrogens (tertiary/aromatic N) is 3. The number of ketones is 1. The largest absolute Gasteiger partial charge is 0.388 e. The van der Waals surface area contributed by atoms with E-state index in [4.69, 9.17) is 5.11 Å². The van der Waals surface area contributed by atoms with Gasteiger partial charge in [-0.25, -0.2) is 18.4 Å². The molecular weight excluding hydrogens is 438 g/mol. The first kappa shape index (κ1) is 23.2. The van der Waals surface area contributed by atoms with Gasteiger partial charge < -0.3 is 5.11 Å². The molecule has 2 aromatic carbocycles. The summed E-state index contributed by atoms with van der Waals surface area (Å²) in [7, 11) is -3.56. The van der Waals surface area contributed by atoms with Crippen LogP contribution in [0.25, 0.3) is 0 Å². The minimum absolute atomic E-state index is 0.272. The van der Waals surface area contributed by atoms with E-state index in [9.17, 15) is 13.2 Å². The van der Waals surface area contributed by atoms with Gasteiger partial charge in [0, 0.05) is 37.3 Å². The highest BCUT2D eigenvalue weighted by Gasteiger charge is 2.40. The monoisotopic (exact) mass is 465 g/mol. The molecule has 172 valence electrons. The highest BCUT2D eigenvalue weighted by Crippen LogP contribution is 2.39. The van der Waals surface area contributed by atoms with Crippen LogP contribution in [0.1, 0.15) is 40.2 Å². The van der Waals surface area contributed by atoms with E-state index in [0.29, 0.717) is 43.1 Å². The minimum atomic E-state index is -3.56. The number of aliphatic hydroxyl groups excluding tert-OH is 1. The third-order valence-electron chi connectivity index (χ3n) is 6.39. The Morgan fingerprint density at radius 3 is 2.18 bits per heavy atom. The number of sulfonamides is 1. The molecule has 0 unspecified atom stereocenters. The van der Waals surface area contributed by atoms with E-state index in [1.54, 1.807) is 16.4 Å². The summed E-state index contributed by atoms with van der Waals surface area (Å²) in [5, 5.41) is 9.04. The van der Waals surface area contributed by atoms with Gasteiger partial charge in [0.2, 0.25) is 10.0 Å². The van der Waals surface area contributed by atoms with Gasteiger partial charge in [-0.05, 0) is 37.5 Å². The van der Waals surface area contributed by atoms with E-state index in [1.165, 1.54) is 12.4 Å². The molecule has 0 saturated carbocycles. The lowest BCUT2D eigenvalue weighted by Crippen LogP contribution is -2.46. The average Bonchev–Trinajstić information content (AvgIpc) is 2.85. The van der Waals surface area contributed by atoms with Crippen LogP contribution in [0.5, 0.6) is 0 Å². The maximum Gasteiger partial charge on any atom is 0.243 e. The number of hydrogen-bond acceptors (Lipinski definition) is 6.